The van der Waals surface area contributed by atoms with E-state index in [1.807, 2.05) is 0 Å². The minimum absolute atomic E-state index is 0. The van der Waals surface area contributed by atoms with Gasteiger partial charge in [0.15, 0.2) is 11.5 Å². The molecule has 6 nitrogen and oxygen atoms in total. The van der Waals surface area contributed by atoms with Gasteiger partial charge in [0.1, 0.15) is 11.3 Å². The van der Waals surface area contributed by atoms with Crippen molar-refractivity contribution < 1.29 is 75.9 Å². The van der Waals surface area contributed by atoms with E-state index < -0.39 is 11.5 Å². The first-order valence-corrected chi connectivity index (χ1v) is 8.85. The minimum Gasteiger partial charge on any atom is -0.547 e. The van der Waals surface area contributed by atoms with Crippen molar-refractivity contribution >= 4 is 12.2 Å². The Kier molecular flexibility index (Phi) is 8.63. The molecule has 3 aromatic rings. The Morgan fingerprint density at radius 1 is 0.967 bits per heavy atom. The molecule has 0 spiro atoms. The Hall–Kier alpha value is -2.16. The minimum atomic E-state index is -1.80. The molecule has 0 radical (unpaired) electrons. The zero-order chi connectivity index (χ0) is 20.9. The van der Waals surface area contributed by atoms with Crippen molar-refractivity contribution in [3.63, 3.8) is 0 Å². The first-order chi connectivity index (χ1) is 14.0. The van der Waals surface area contributed by atoms with Gasteiger partial charge in [0, 0.05) is 17.8 Å². The van der Waals surface area contributed by atoms with Gasteiger partial charge in [-0.15, -0.1) is 0 Å². The molecular weight excluding hydrogens is 409 g/mol. The third kappa shape index (κ3) is 4.76. The van der Waals surface area contributed by atoms with Crippen LogP contribution in [0.5, 0.6) is 17.2 Å². The van der Waals surface area contributed by atoms with E-state index in [1.54, 1.807) is 60.7 Å². The van der Waals surface area contributed by atoms with Gasteiger partial charge in [-0.05, 0) is 17.2 Å². The number of nitrogens with zero attached hydrogens (tertiary/aromatic N) is 1. The summed E-state index contributed by atoms with van der Waals surface area (Å²) in [6.07, 6.45) is 1.29. The van der Waals surface area contributed by atoms with Crippen LogP contribution in [0.4, 0.5) is 0 Å². The number of carbonyl (C=O) groups excluding carboxylic acids is 1. The first kappa shape index (κ1) is 24.1. The van der Waals surface area contributed by atoms with Crippen LogP contribution in [0.15, 0.2) is 77.8 Å². The molecule has 148 valence electrons. The van der Waals surface area contributed by atoms with E-state index in [2.05, 4.69) is 4.99 Å². The third-order valence-corrected chi connectivity index (χ3v) is 4.61. The summed E-state index contributed by atoms with van der Waals surface area (Å²) in [6, 6.07) is 20.3. The van der Waals surface area contributed by atoms with Crippen molar-refractivity contribution in [2.75, 3.05) is 14.2 Å². The maximum atomic E-state index is 12.4. The standard InChI is InChI=1S/C23H21NO5.K/c1-28-19-13-16(21(25)20(14-19)29-2)15-24-23(22(26)27,17-9-5-3-6-10-17)18-11-7-4-8-12-18;/h3-15,25H,1-2H3,(H,26,27);/q;+1/p-1. The molecule has 0 aliphatic heterocycles. The van der Waals surface area contributed by atoms with Crippen molar-refractivity contribution in [3.8, 4) is 17.2 Å². The molecule has 1 N–H and O–H groups in total. The maximum absolute atomic E-state index is 12.4. The van der Waals surface area contributed by atoms with Gasteiger partial charge in [0.2, 0.25) is 0 Å². The second kappa shape index (κ2) is 10.7. The summed E-state index contributed by atoms with van der Waals surface area (Å²) >= 11 is 0. The van der Waals surface area contributed by atoms with Crippen LogP contribution in [-0.2, 0) is 10.3 Å². The van der Waals surface area contributed by atoms with Crippen LogP contribution in [0.2, 0.25) is 0 Å². The molecule has 0 fully saturated rings. The number of carboxylic acid groups (broad SMARTS) is 1. The molecule has 0 saturated carbocycles. The second-order valence-electron chi connectivity index (χ2n) is 6.26. The Labute approximate surface area is 217 Å². The molecular formula is C23H20KNO5. The Morgan fingerprint density at radius 2 is 1.50 bits per heavy atom. The number of phenols is 1. The fraction of sp³-hybridized carbons (Fsp3) is 0.130. The quantitative estimate of drug-likeness (QED) is 0.405. The Morgan fingerprint density at radius 3 is 1.93 bits per heavy atom. The molecule has 0 aromatic heterocycles. The molecule has 3 rings (SSSR count). The SMILES string of the molecule is COc1cc(C=NC(C(=O)[O-])(c2ccccc2)c2ccccc2)c(O)c(OC)c1.[K+]. The van der Waals surface area contributed by atoms with E-state index in [-0.39, 0.29) is 68.4 Å². The average molecular weight is 430 g/mol. The fourth-order valence-electron chi connectivity index (χ4n) is 3.10. The normalized spacial score (nSPS) is 11.0. The van der Waals surface area contributed by atoms with Gasteiger partial charge in [-0.25, -0.2) is 0 Å². The van der Waals surface area contributed by atoms with Crippen LogP contribution < -0.4 is 66.0 Å². The number of carbonyl (C=O) groups is 1. The van der Waals surface area contributed by atoms with E-state index in [0.717, 1.165) is 0 Å². The predicted molar refractivity (Wildman–Crippen MR) is 107 cm³/mol. The zero-order valence-corrected chi connectivity index (χ0v) is 20.2. The molecule has 0 amide bonds. The van der Waals surface area contributed by atoms with Crippen molar-refractivity contribution in [1.82, 2.24) is 0 Å². The number of rotatable bonds is 7. The molecule has 7 heteroatoms. The molecule has 0 saturated heterocycles. The van der Waals surface area contributed by atoms with Crippen LogP contribution in [0.3, 0.4) is 0 Å². The topological polar surface area (TPSA) is 91.2 Å². The summed E-state index contributed by atoms with van der Waals surface area (Å²) in [4.78, 5) is 16.9. The van der Waals surface area contributed by atoms with Gasteiger partial charge in [0.25, 0.3) is 0 Å². The summed E-state index contributed by atoms with van der Waals surface area (Å²) in [5.41, 5.74) is -0.696. The number of ether oxygens (including phenoxy) is 2. The summed E-state index contributed by atoms with van der Waals surface area (Å²) in [5.74, 6) is -0.949. The van der Waals surface area contributed by atoms with Crippen molar-refractivity contribution in [2.45, 2.75) is 5.54 Å². The number of aromatic hydroxyl groups is 1. The summed E-state index contributed by atoms with van der Waals surface area (Å²) in [6.45, 7) is 0. The maximum Gasteiger partial charge on any atom is 1.00 e. The van der Waals surface area contributed by atoms with Crippen LogP contribution in [0.25, 0.3) is 0 Å². The van der Waals surface area contributed by atoms with Gasteiger partial charge in [-0.1, -0.05) is 60.7 Å². The Bertz CT molecular complexity index is 983. The van der Waals surface area contributed by atoms with Crippen LogP contribution in [0.1, 0.15) is 16.7 Å². The number of aliphatic carboxylic acids is 1. The largest absolute Gasteiger partial charge is 1.00 e. The van der Waals surface area contributed by atoms with E-state index in [4.69, 9.17) is 9.47 Å². The number of aliphatic imine (C=N–C) groups is 1. The fourth-order valence-corrected chi connectivity index (χ4v) is 3.10. The number of hydrogen-bond donors (Lipinski definition) is 1. The molecule has 0 aliphatic rings. The smallest absolute Gasteiger partial charge is 0.547 e. The van der Waals surface area contributed by atoms with E-state index in [1.165, 1.54) is 32.6 Å². The van der Waals surface area contributed by atoms with E-state index >= 15 is 0 Å². The van der Waals surface area contributed by atoms with Gasteiger partial charge in [-0.3, -0.25) is 4.99 Å². The average Bonchev–Trinajstić information content (AvgIpc) is 2.76. The van der Waals surface area contributed by atoms with Crippen molar-refractivity contribution in [2.24, 2.45) is 4.99 Å². The van der Waals surface area contributed by atoms with Gasteiger partial charge in [0.05, 0.1) is 20.2 Å². The molecule has 0 heterocycles. The van der Waals surface area contributed by atoms with Crippen molar-refractivity contribution in [3.05, 3.63) is 89.5 Å². The molecule has 3 aromatic carbocycles. The number of benzene rings is 3. The Balaban J connectivity index is 0.00000320. The van der Waals surface area contributed by atoms with E-state index in [9.17, 15) is 15.0 Å². The zero-order valence-electron chi connectivity index (χ0n) is 17.0. The van der Waals surface area contributed by atoms with Gasteiger partial charge >= 0.3 is 51.4 Å². The molecule has 0 bridgehead atoms. The predicted octanol–water partition coefficient (Wildman–Crippen LogP) is -0.474. The van der Waals surface area contributed by atoms with Crippen molar-refractivity contribution in [1.29, 1.82) is 0 Å². The second-order valence-corrected chi connectivity index (χ2v) is 6.26. The monoisotopic (exact) mass is 429 g/mol. The van der Waals surface area contributed by atoms with Crippen LogP contribution in [-0.4, -0.2) is 31.5 Å². The summed E-state index contributed by atoms with van der Waals surface area (Å²) in [5, 5.41) is 22.9. The number of hydrogen-bond acceptors (Lipinski definition) is 6. The van der Waals surface area contributed by atoms with Gasteiger partial charge in [-0.2, -0.15) is 0 Å². The number of carboxylic acids is 1. The van der Waals surface area contributed by atoms with Crippen LogP contribution in [0, 0.1) is 0 Å². The van der Waals surface area contributed by atoms with Gasteiger partial charge < -0.3 is 24.5 Å². The third-order valence-electron chi connectivity index (χ3n) is 4.61. The van der Waals surface area contributed by atoms with E-state index in [0.29, 0.717) is 16.9 Å². The number of phenolic OH excluding ortho intramolecular Hbond substituents is 1. The van der Waals surface area contributed by atoms with Crippen LogP contribution >= 0.6 is 0 Å². The molecule has 0 aliphatic carbocycles. The molecule has 30 heavy (non-hydrogen) atoms. The number of methoxy groups -OCH3 is 2. The molecule has 0 atom stereocenters. The molecule has 0 unspecified atom stereocenters. The first-order valence-electron chi connectivity index (χ1n) is 8.85. The summed E-state index contributed by atoms with van der Waals surface area (Å²) in [7, 11) is 2.89. The summed E-state index contributed by atoms with van der Waals surface area (Å²) < 4.78 is 10.4.